The Hall–Kier alpha value is -0.610. The standard InChI is InChI=1S/C12H23NO3/c13-11(14)7-3-1-2-5-9-15-12-8-4-6-10-16-12/h12H,1-10H2,(H2,13,14). The number of carbonyl (C=O) groups is 1. The van der Waals surface area contributed by atoms with Gasteiger partial charge in [-0.3, -0.25) is 4.79 Å². The lowest BCUT2D eigenvalue weighted by Gasteiger charge is -2.22. The molecule has 1 unspecified atom stereocenters. The Labute approximate surface area is 97.5 Å². The molecule has 1 atom stereocenters. The topological polar surface area (TPSA) is 61.6 Å². The Balaban J connectivity index is 1.82. The van der Waals surface area contributed by atoms with E-state index >= 15 is 0 Å². The number of rotatable bonds is 8. The van der Waals surface area contributed by atoms with Crippen molar-refractivity contribution in [2.45, 2.75) is 57.7 Å². The predicted octanol–water partition coefficient (Wildman–Crippen LogP) is 1.97. The van der Waals surface area contributed by atoms with Crippen LogP contribution in [0.15, 0.2) is 0 Å². The second-order valence-corrected chi connectivity index (χ2v) is 4.30. The second-order valence-electron chi connectivity index (χ2n) is 4.30. The summed E-state index contributed by atoms with van der Waals surface area (Å²) in [6.45, 7) is 1.60. The maximum atomic E-state index is 10.5. The molecule has 1 saturated heterocycles. The minimum Gasteiger partial charge on any atom is -0.370 e. The van der Waals surface area contributed by atoms with E-state index < -0.39 is 0 Å². The number of ether oxygens (including phenoxy) is 2. The molecule has 1 aliphatic heterocycles. The Morgan fingerprint density at radius 3 is 2.75 bits per heavy atom. The van der Waals surface area contributed by atoms with Crippen molar-refractivity contribution in [1.82, 2.24) is 0 Å². The summed E-state index contributed by atoms with van der Waals surface area (Å²) in [7, 11) is 0. The third-order valence-electron chi connectivity index (χ3n) is 2.76. The number of nitrogens with two attached hydrogens (primary N) is 1. The van der Waals surface area contributed by atoms with Crippen LogP contribution in [0.4, 0.5) is 0 Å². The van der Waals surface area contributed by atoms with E-state index in [1.165, 1.54) is 6.42 Å². The quantitative estimate of drug-likeness (QED) is 0.647. The fraction of sp³-hybridized carbons (Fsp3) is 0.917. The second kappa shape index (κ2) is 8.53. The van der Waals surface area contributed by atoms with Crippen LogP contribution in [0.3, 0.4) is 0 Å². The molecule has 1 aliphatic rings. The summed E-state index contributed by atoms with van der Waals surface area (Å²) < 4.78 is 11.1. The molecule has 2 N–H and O–H groups in total. The third kappa shape index (κ3) is 6.80. The summed E-state index contributed by atoms with van der Waals surface area (Å²) >= 11 is 0. The molecule has 0 saturated carbocycles. The van der Waals surface area contributed by atoms with Gasteiger partial charge in [0.05, 0.1) is 0 Å². The normalized spacial score (nSPS) is 20.9. The summed E-state index contributed by atoms with van der Waals surface area (Å²) in [5, 5.41) is 0. The number of hydrogen-bond acceptors (Lipinski definition) is 3. The van der Waals surface area contributed by atoms with Crippen LogP contribution < -0.4 is 5.73 Å². The van der Waals surface area contributed by atoms with E-state index in [1.807, 2.05) is 0 Å². The number of amides is 1. The fourth-order valence-electron chi connectivity index (χ4n) is 1.81. The molecule has 4 heteroatoms. The van der Waals surface area contributed by atoms with Gasteiger partial charge in [-0.25, -0.2) is 0 Å². The van der Waals surface area contributed by atoms with Crippen molar-refractivity contribution >= 4 is 5.91 Å². The zero-order valence-corrected chi connectivity index (χ0v) is 9.95. The Morgan fingerprint density at radius 1 is 1.25 bits per heavy atom. The van der Waals surface area contributed by atoms with Gasteiger partial charge in [-0.1, -0.05) is 12.8 Å². The highest BCUT2D eigenvalue weighted by Gasteiger charge is 2.13. The molecule has 0 spiro atoms. The van der Waals surface area contributed by atoms with Crippen molar-refractivity contribution in [3.8, 4) is 0 Å². The van der Waals surface area contributed by atoms with E-state index in [4.69, 9.17) is 15.2 Å². The van der Waals surface area contributed by atoms with E-state index in [-0.39, 0.29) is 12.2 Å². The molecular weight excluding hydrogens is 206 g/mol. The van der Waals surface area contributed by atoms with E-state index in [0.29, 0.717) is 6.42 Å². The highest BCUT2D eigenvalue weighted by atomic mass is 16.7. The summed E-state index contributed by atoms with van der Waals surface area (Å²) in [5.74, 6) is -0.202. The summed E-state index contributed by atoms with van der Waals surface area (Å²) in [5.41, 5.74) is 5.05. The zero-order valence-electron chi connectivity index (χ0n) is 9.95. The number of unbranched alkanes of at least 4 members (excludes halogenated alkanes) is 3. The average molecular weight is 229 g/mol. The van der Waals surface area contributed by atoms with E-state index in [1.54, 1.807) is 0 Å². The molecule has 94 valence electrons. The molecule has 4 nitrogen and oxygen atoms in total. The number of primary amides is 1. The van der Waals surface area contributed by atoms with Crippen LogP contribution in [-0.2, 0) is 14.3 Å². The van der Waals surface area contributed by atoms with Gasteiger partial charge < -0.3 is 15.2 Å². The fourth-order valence-corrected chi connectivity index (χ4v) is 1.81. The maximum absolute atomic E-state index is 10.5. The van der Waals surface area contributed by atoms with Gasteiger partial charge in [-0.05, 0) is 32.1 Å². The molecular formula is C12H23NO3. The molecule has 0 bridgehead atoms. The summed E-state index contributed by atoms with van der Waals surface area (Å²) in [6, 6.07) is 0. The van der Waals surface area contributed by atoms with Crippen molar-refractivity contribution < 1.29 is 14.3 Å². The zero-order chi connectivity index (χ0) is 11.6. The number of carbonyl (C=O) groups excluding carboxylic acids is 1. The molecule has 16 heavy (non-hydrogen) atoms. The molecule has 1 fully saturated rings. The lowest BCUT2D eigenvalue weighted by molar-refractivity contribution is -0.162. The monoisotopic (exact) mass is 229 g/mol. The molecule has 0 aromatic carbocycles. The minimum atomic E-state index is -0.202. The van der Waals surface area contributed by atoms with Crippen LogP contribution in [0.2, 0.25) is 0 Å². The van der Waals surface area contributed by atoms with Crippen molar-refractivity contribution in [2.24, 2.45) is 5.73 Å². The average Bonchev–Trinajstić information content (AvgIpc) is 2.29. The molecule has 0 radical (unpaired) electrons. The third-order valence-corrected chi connectivity index (χ3v) is 2.76. The molecule has 0 aromatic rings. The molecule has 1 heterocycles. The number of hydrogen-bond donors (Lipinski definition) is 1. The maximum Gasteiger partial charge on any atom is 0.217 e. The van der Waals surface area contributed by atoms with Crippen LogP contribution in [0.5, 0.6) is 0 Å². The molecule has 0 aliphatic carbocycles. The largest absolute Gasteiger partial charge is 0.370 e. The first-order valence-electron chi connectivity index (χ1n) is 6.30. The lowest BCUT2D eigenvalue weighted by Crippen LogP contribution is -2.22. The van der Waals surface area contributed by atoms with E-state index in [0.717, 1.165) is 51.7 Å². The van der Waals surface area contributed by atoms with Crippen LogP contribution >= 0.6 is 0 Å². The molecule has 0 aromatic heterocycles. The SMILES string of the molecule is NC(=O)CCCCCCOC1CCCCO1. The van der Waals surface area contributed by atoms with Crippen LogP contribution in [-0.4, -0.2) is 25.4 Å². The summed E-state index contributed by atoms with van der Waals surface area (Å²) in [4.78, 5) is 10.5. The van der Waals surface area contributed by atoms with Gasteiger partial charge in [-0.2, -0.15) is 0 Å². The van der Waals surface area contributed by atoms with Gasteiger partial charge in [-0.15, -0.1) is 0 Å². The molecule has 1 rings (SSSR count). The first kappa shape index (κ1) is 13.5. The summed E-state index contributed by atoms with van der Waals surface area (Å²) in [6.07, 6.45) is 8.02. The van der Waals surface area contributed by atoms with Gasteiger partial charge in [0, 0.05) is 19.6 Å². The Bertz CT molecular complexity index is 191. The van der Waals surface area contributed by atoms with Crippen LogP contribution in [0.25, 0.3) is 0 Å². The highest BCUT2D eigenvalue weighted by molar-refractivity contribution is 5.73. The van der Waals surface area contributed by atoms with Gasteiger partial charge >= 0.3 is 0 Å². The van der Waals surface area contributed by atoms with E-state index in [9.17, 15) is 4.79 Å². The van der Waals surface area contributed by atoms with E-state index in [2.05, 4.69) is 0 Å². The van der Waals surface area contributed by atoms with Crippen molar-refractivity contribution in [3.05, 3.63) is 0 Å². The predicted molar refractivity (Wildman–Crippen MR) is 61.8 cm³/mol. The van der Waals surface area contributed by atoms with Gasteiger partial charge in [0.2, 0.25) is 5.91 Å². The van der Waals surface area contributed by atoms with Crippen LogP contribution in [0.1, 0.15) is 51.4 Å². The van der Waals surface area contributed by atoms with Gasteiger partial charge in [0.1, 0.15) is 0 Å². The first-order chi connectivity index (χ1) is 7.79. The van der Waals surface area contributed by atoms with Crippen molar-refractivity contribution in [1.29, 1.82) is 0 Å². The minimum absolute atomic E-state index is 0.0272. The van der Waals surface area contributed by atoms with Crippen molar-refractivity contribution in [3.63, 3.8) is 0 Å². The van der Waals surface area contributed by atoms with Gasteiger partial charge in [0.25, 0.3) is 0 Å². The van der Waals surface area contributed by atoms with Crippen LogP contribution in [0, 0.1) is 0 Å². The lowest BCUT2D eigenvalue weighted by atomic mass is 10.1. The van der Waals surface area contributed by atoms with Gasteiger partial charge in [0.15, 0.2) is 6.29 Å². The smallest absolute Gasteiger partial charge is 0.217 e. The highest BCUT2D eigenvalue weighted by Crippen LogP contribution is 2.14. The first-order valence-corrected chi connectivity index (χ1v) is 6.30. The molecule has 1 amide bonds. The van der Waals surface area contributed by atoms with Crippen molar-refractivity contribution in [2.75, 3.05) is 13.2 Å². The Morgan fingerprint density at radius 2 is 2.06 bits per heavy atom. The Kier molecular flexibility index (Phi) is 7.17.